The Morgan fingerprint density at radius 1 is 1.37 bits per heavy atom. The van der Waals surface area contributed by atoms with E-state index in [1.54, 1.807) is 6.07 Å². The summed E-state index contributed by atoms with van der Waals surface area (Å²) < 4.78 is 0. The molecule has 1 aromatic heterocycles. The summed E-state index contributed by atoms with van der Waals surface area (Å²) in [7, 11) is 0. The van der Waals surface area contributed by atoms with Gasteiger partial charge in [0.2, 0.25) is 0 Å². The zero-order valence-corrected chi connectivity index (χ0v) is 12.9. The molecule has 1 heterocycles. The van der Waals surface area contributed by atoms with E-state index < -0.39 is 0 Å². The molecule has 0 aromatic carbocycles. The lowest BCUT2D eigenvalue weighted by molar-refractivity contribution is 0.0933. The number of halogens is 1. The molecule has 1 N–H and O–H groups in total. The lowest BCUT2D eigenvalue weighted by Crippen LogP contribution is -2.34. The maximum absolute atomic E-state index is 12.2. The molecule has 0 aliphatic carbocycles. The van der Waals surface area contributed by atoms with E-state index in [4.69, 9.17) is 11.6 Å². The second-order valence-corrected chi connectivity index (χ2v) is 5.51. The molecule has 0 saturated carbocycles. The van der Waals surface area contributed by atoms with Crippen LogP contribution in [-0.2, 0) is 0 Å². The zero-order chi connectivity index (χ0) is 14.4. The molecule has 0 saturated heterocycles. The number of carbonyl (C=O) groups is 1. The standard InChI is InChI=1S/C15H23ClN2O/c1-5-7-12(6-2)17-15(19)11-8-13(10(3)4)18-14(16)9-11/h8-10,12H,5-7H2,1-4H3,(H,17,19). The van der Waals surface area contributed by atoms with Gasteiger partial charge < -0.3 is 5.32 Å². The summed E-state index contributed by atoms with van der Waals surface area (Å²) in [6.45, 7) is 8.27. The number of aromatic nitrogens is 1. The lowest BCUT2D eigenvalue weighted by atomic mass is 10.1. The van der Waals surface area contributed by atoms with Gasteiger partial charge in [0.1, 0.15) is 5.15 Å². The molecule has 1 aromatic rings. The van der Waals surface area contributed by atoms with Gasteiger partial charge in [-0.2, -0.15) is 0 Å². The van der Waals surface area contributed by atoms with Crippen LogP contribution in [0.5, 0.6) is 0 Å². The highest BCUT2D eigenvalue weighted by atomic mass is 35.5. The van der Waals surface area contributed by atoms with Gasteiger partial charge in [-0.05, 0) is 30.9 Å². The van der Waals surface area contributed by atoms with Gasteiger partial charge in [-0.25, -0.2) is 4.98 Å². The van der Waals surface area contributed by atoms with E-state index in [1.165, 1.54) is 0 Å². The Morgan fingerprint density at radius 3 is 2.58 bits per heavy atom. The van der Waals surface area contributed by atoms with Gasteiger partial charge in [-0.3, -0.25) is 4.79 Å². The molecule has 1 atom stereocenters. The fraction of sp³-hybridized carbons (Fsp3) is 0.600. The predicted molar refractivity (Wildman–Crippen MR) is 79.8 cm³/mol. The monoisotopic (exact) mass is 282 g/mol. The molecule has 0 spiro atoms. The minimum Gasteiger partial charge on any atom is -0.349 e. The normalized spacial score (nSPS) is 12.5. The fourth-order valence-electron chi connectivity index (χ4n) is 1.94. The van der Waals surface area contributed by atoms with E-state index in [-0.39, 0.29) is 17.9 Å². The molecule has 19 heavy (non-hydrogen) atoms. The first kappa shape index (κ1) is 16.0. The van der Waals surface area contributed by atoms with Gasteiger partial charge in [0.05, 0.1) is 0 Å². The molecular weight excluding hydrogens is 260 g/mol. The van der Waals surface area contributed by atoms with E-state index in [9.17, 15) is 4.79 Å². The van der Waals surface area contributed by atoms with Crippen molar-refractivity contribution in [2.75, 3.05) is 0 Å². The summed E-state index contributed by atoms with van der Waals surface area (Å²) in [5, 5.41) is 3.43. The van der Waals surface area contributed by atoms with Crippen molar-refractivity contribution < 1.29 is 4.79 Å². The Labute approximate surface area is 120 Å². The molecule has 0 bridgehead atoms. The number of nitrogens with one attached hydrogen (secondary N) is 1. The molecule has 1 amide bonds. The van der Waals surface area contributed by atoms with Gasteiger partial charge in [-0.1, -0.05) is 45.7 Å². The van der Waals surface area contributed by atoms with Crippen molar-refractivity contribution in [3.8, 4) is 0 Å². The van der Waals surface area contributed by atoms with Crippen LogP contribution < -0.4 is 5.32 Å². The third-order valence-electron chi connectivity index (χ3n) is 3.13. The third kappa shape index (κ3) is 4.83. The molecule has 0 fully saturated rings. The topological polar surface area (TPSA) is 42.0 Å². The predicted octanol–water partition coefficient (Wildman–Crippen LogP) is 4.17. The van der Waals surface area contributed by atoms with Crippen LogP contribution in [0, 0.1) is 0 Å². The average molecular weight is 283 g/mol. The largest absolute Gasteiger partial charge is 0.349 e. The first-order valence-corrected chi connectivity index (χ1v) is 7.34. The van der Waals surface area contributed by atoms with Gasteiger partial charge in [0.25, 0.3) is 5.91 Å². The highest BCUT2D eigenvalue weighted by molar-refractivity contribution is 6.29. The number of pyridine rings is 1. The highest BCUT2D eigenvalue weighted by Gasteiger charge is 2.14. The lowest BCUT2D eigenvalue weighted by Gasteiger charge is -2.16. The second kappa shape index (κ2) is 7.49. The SMILES string of the molecule is CCCC(CC)NC(=O)c1cc(Cl)nc(C(C)C)c1. The van der Waals surface area contributed by atoms with Crippen LogP contribution >= 0.6 is 11.6 Å². The summed E-state index contributed by atoms with van der Waals surface area (Å²) >= 11 is 5.98. The summed E-state index contributed by atoms with van der Waals surface area (Å²) in [6.07, 6.45) is 3.00. The van der Waals surface area contributed by atoms with E-state index in [0.29, 0.717) is 10.7 Å². The van der Waals surface area contributed by atoms with Crippen molar-refractivity contribution in [1.29, 1.82) is 0 Å². The van der Waals surface area contributed by atoms with E-state index in [2.05, 4.69) is 24.1 Å². The summed E-state index contributed by atoms with van der Waals surface area (Å²) in [5.41, 5.74) is 1.44. The quantitative estimate of drug-likeness (QED) is 0.796. The number of hydrogen-bond donors (Lipinski definition) is 1. The number of carbonyl (C=O) groups excluding carboxylic acids is 1. The minimum absolute atomic E-state index is 0.0634. The van der Waals surface area contributed by atoms with Crippen molar-refractivity contribution in [2.24, 2.45) is 0 Å². The molecule has 1 unspecified atom stereocenters. The van der Waals surface area contributed by atoms with Crippen LogP contribution in [0.4, 0.5) is 0 Å². The molecule has 4 heteroatoms. The van der Waals surface area contributed by atoms with E-state index in [1.807, 2.05) is 19.9 Å². The number of hydrogen-bond acceptors (Lipinski definition) is 2. The molecule has 3 nitrogen and oxygen atoms in total. The smallest absolute Gasteiger partial charge is 0.251 e. The Bertz CT molecular complexity index is 432. The molecular formula is C15H23ClN2O. The van der Waals surface area contributed by atoms with Crippen LogP contribution in [0.1, 0.15) is 68.9 Å². The van der Waals surface area contributed by atoms with Gasteiger partial charge in [0.15, 0.2) is 0 Å². The van der Waals surface area contributed by atoms with Crippen LogP contribution in [0.25, 0.3) is 0 Å². The van der Waals surface area contributed by atoms with E-state index >= 15 is 0 Å². The summed E-state index contributed by atoms with van der Waals surface area (Å²) in [4.78, 5) is 16.5. The zero-order valence-electron chi connectivity index (χ0n) is 12.2. The Balaban J connectivity index is 2.87. The average Bonchev–Trinajstić information content (AvgIpc) is 2.37. The van der Waals surface area contributed by atoms with Crippen molar-refractivity contribution in [3.05, 3.63) is 28.5 Å². The van der Waals surface area contributed by atoms with Crippen LogP contribution in [0.2, 0.25) is 5.15 Å². The molecule has 0 radical (unpaired) electrons. The van der Waals surface area contributed by atoms with Crippen molar-refractivity contribution in [1.82, 2.24) is 10.3 Å². The second-order valence-electron chi connectivity index (χ2n) is 5.13. The Kier molecular flexibility index (Phi) is 6.29. The fourth-order valence-corrected chi connectivity index (χ4v) is 2.15. The minimum atomic E-state index is -0.0634. The van der Waals surface area contributed by atoms with Crippen LogP contribution in [0.3, 0.4) is 0 Å². The first-order valence-electron chi connectivity index (χ1n) is 6.96. The maximum atomic E-state index is 12.2. The first-order chi connectivity index (χ1) is 8.97. The Hall–Kier alpha value is -1.09. The number of nitrogens with zero attached hydrogens (tertiary/aromatic N) is 1. The van der Waals surface area contributed by atoms with Crippen molar-refractivity contribution in [3.63, 3.8) is 0 Å². The van der Waals surface area contributed by atoms with Crippen LogP contribution in [-0.4, -0.2) is 16.9 Å². The highest BCUT2D eigenvalue weighted by Crippen LogP contribution is 2.18. The van der Waals surface area contributed by atoms with E-state index in [0.717, 1.165) is 25.0 Å². The molecule has 106 valence electrons. The Morgan fingerprint density at radius 2 is 2.05 bits per heavy atom. The molecule has 1 rings (SSSR count). The van der Waals surface area contributed by atoms with Gasteiger partial charge in [-0.15, -0.1) is 0 Å². The summed E-state index contributed by atoms with van der Waals surface area (Å²) in [5.74, 6) is 0.189. The maximum Gasteiger partial charge on any atom is 0.251 e. The van der Waals surface area contributed by atoms with Crippen molar-refractivity contribution in [2.45, 2.75) is 58.9 Å². The summed E-state index contributed by atoms with van der Waals surface area (Å²) in [6, 6.07) is 3.68. The van der Waals surface area contributed by atoms with Gasteiger partial charge >= 0.3 is 0 Å². The number of amides is 1. The van der Waals surface area contributed by atoms with Crippen LogP contribution in [0.15, 0.2) is 12.1 Å². The molecule has 0 aliphatic rings. The molecule has 0 aliphatic heterocycles. The third-order valence-corrected chi connectivity index (χ3v) is 3.33. The van der Waals surface area contributed by atoms with Gasteiger partial charge in [0, 0.05) is 17.3 Å². The number of rotatable bonds is 6. The van der Waals surface area contributed by atoms with Crippen molar-refractivity contribution >= 4 is 17.5 Å².